The molecule has 3 N–H and O–H groups in total. The van der Waals surface area contributed by atoms with Crippen molar-refractivity contribution in [2.24, 2.45) is 5.73 Å². The molecule has 1 saturated heterocycles. The summed E-state index contributed by atoms with van der Waals surface area (Å²) in [5.74, 6) is 0.471. The molecule has 3 rings (SSSR count). The van der Waals surface area contributed by atoms with Crippen molar-refractivity contribution in [2.75, 3.05) is 24.5 Å². The highest BCUT2D eigenvalue weighted by molar-refractivity contribution is 7.13. The minimum Gasteiger partial charge on any atom is -0.467 e. The van der Waals surface area contributed by atoms with E-state index in [9.17, 15) is 4.79 Å². The van der Waals surface area contributed by atoms with E-state index in [1.165, 1.54) is 19.1 Å². The molecule has 1 aliphatic rings. The van der Waals surface area contributed by atoms with E-state index in [1.807, 2.05) is 0 Å². The molecule has 3 heterocycles. The molecule has 7 heteroatoms. The molecular weight excluding hydrogens is 300 g/mol. The van der Waals surface area contributed by atoms with Crippen molar-refractivity contribution in [1.29, 1.82) is 0 Å². The molecule has 2 aromatic heterocycles. The van der Waals surface area contributed by atoms with Crippen LogP contribution in [0.5, 0.6) is 0 Å². The van der Waals surface area contributed by atoms with E-state index in [4.69, 9.17) is 10.2 Å². The highest BCUT2D eigenvalue weighted by Crippen LogP contribution is 2.24. The summed E-state index contributed by atoms with van der Waals surface area (Å²) in [6, 6.07) is 1.67. The third-order valence-electron chi connectivity index (χ3n) is 3.70. The van der Waals surface area contributed by atoms with Crippen LogP contribution < -0.4 is 16.0 Å². The van der Waals surface area contributed by atoms with Crippen molar-refractivity contribution in [2.45, 2.75) is 25.8 Å². The van der Waals surface area contributed by atoms with Crippen molar-refractivity contribution in [3.05, 3.63) is 34.7 Å². The van der Waals surface area contributed by atoms with E-state index >= 15 is 0 Å². The van der Waals surface area contributed by atoms with Crippen LogP contribution in [0.3, 0.4) is 0 Å². The average molecular weight is 320 g/mol. The summed E-state index contributed by atoms with van der Waals surface area (Å²) in [6.45, 7) is 3.07. The molecule has 0 aromatic carbocycles. The number of aromatic nitrogens is 1. The van der Waals surface area contributed by atoms with Gasteiger partial charge in [0.15, 0.2) is 5.13 Å². The number of thiazole rings is 1. The van der Waals surface area contributed by atoms with E-state index in [-0.39, 0.29) is 5.91 Å². The van der Waals surface area contributed by atoms with E-state index in [1.54, 1.807) is 17.4 Å². The van der Waals surface area contributed by atoms with Gasteiger partial charge in [-0.15, -0.1) is 11.3 Å². The summed E-state index contributed by atoms with van der Waals surface area (Å²) in [5, 5.41) is 6.05. The Bertz CT molecular complexity index is 631. The van der Waals surface area contributed by atoms with Gasteiger partial charge in [-0.2, -0.15) is 0 Å². The van der Waals surface area contributed by atoms with Gasteiger partial charge in [0.1, 0.15) is 12.0 Å². The Morgan fingerprint density at radius 2 is 2.27 bits per heavy atom. The zero-order chi connectivity index (χ0) is 15.4. The molecule has 1 fully saturated rings. The van der Waals surface area contributed by atoms with Gasteiger partial charge in [0.05, 0.1) is 17.8 Å². The zero-order valence-electron chi connectivity index (χ0n) is 12.4. The number of amides is 1. The molecule has 1 aliphatic heterocycles. The fourth-order valence-corrected chi connectivity index (χ4v) is 3.39. The number of rotatable bonds is 6. The van der Waals surface area contributed by atoms with Crippen molar-refractivity contribution >= 4 is 22.4 Å². The van der Waals surface area contributed by atoms with Crippen LogP contribution in [0.25, 0.3) is 0 Å². The van der Waals surface area contributed by atoms with Gasteiger partial charge in [-0.3, -0.25) is 4.79 Å². The molecule has 0 spiro atoms. The third kappa shape index (κ3) is 3.48. The quantitative estimate of drug-likeness (QED) is 0.847. The van der Waals surface area contributed by atoms with Crippen LogP contribution in [0.1, 0.15) is 34.7 Å². The van der Waals surface area contributed by atoms with Gasteiger partial charge in [-0.25, -0.2) is 4.98 Å². The lowest BCUT2D eigenvalue weighted by molar-refractivity contribution is 0.0953. The molecule has 0 unspecified atom stereocenters. The van der Waals surface area contributed by atoms with Gasteiger partial charge >= 0.3 is 0 Å². The summed E-state index contributed by atoms with van der Waals surface area (Å²) in [6.07, 6.45) is 4.67. The predicted molar refractivity (Wildman–Crippen MR) is 86.2 cm³/mol. The second-order valence-electron chi connectivity index (χ2n) is 5.33. The molecule has 118 valence electrons. The Kier molecular flexibility index (Phi) is 4.74. The first-order valence-corrected chi connectivity index (χ1v) is 8.39. The van der Waals surface area contributed by atoms with Crippen LogP contribution >= 0.6 is 11.3 Å². The van der Waals surface area contributed by atoms with E-state index < -0.39 is 0 Å². The van der Waals surface area contributed by atoms with Gasteiger partial charge < -0.3 is 20.4 Å². The Morgan fingerprint density at radius 1 is 1.45 bits per heavy atom. The number of nitrogens with one attached hydrogen (secondary N) is 1. The molecule has 1 amide bonds. The largest absolute Gasteiger partial charge is 0.467 e. The van der Waals surface area contributed by atoms with Crippen molar-refractivity contribution in [3.8, 4) is 0 Å². The van der Waals surface area contributed by atoms with Gasteiger partial charge in [-0.05, 0) is 18.9 Å². The summed E-state index contributed by atoms with van der Waals surface area (Å²) >= 11 is 1.68. The number of furan rings is 1. The normalized spacial score (nSPS) is 14.5. The zero-order valence-corrected chi connectivity index (χ0v) is 13.2. The molecular formula is C15H20N4O2S. The number of nitrogens with two attached hydrogens (primary N) is 1. The standard InChI is InChI=1S/C15H20N4O2S/c16-8-13-7-11(9-21-13)14(20)17-4-3-12-10-22-15(18-12)19-5-1-2-6-19/h7,9-10H,1-6,8,16H2,(H,17,20). The summed E-state index contributed by atoms with van der Waals surface area (Å²) in [4.78, 5) is 18.9. The highest BCUT2D eigenvalue weighted by atomic mass is 32.1. The number of hydrogen-bond donors (Lipinski definition) is 2. The lowest BCUT2D eigenvalue weighted by Gasteiger charge is -2.12. The molecule has 0 bridgehead atoms. The van der Waals surface area contributed by atoms with Gasteiger partial charge in [0, 0.05) is 31.4 Å². The maximum Gasteiger partial charge on any atom is 0.254 e. The number of nitrogens with zero attached hydrogens (tertiary/aromatic N) is 2. The first-order valence-electron chi connectivity index (χ1n) is 7.51. The van der Waals surface area contributed by atoms with Crippen molar-refractivity contribution in [3.63, 3.8) is 0 Å². The van der Waals surface area contributed by atoms with Crippen molar-refractivity contribution in [1.82, 2.24) is 10.3 Å². The first-order chi connectivity index (χ1) is 10.8. The summed E-state index contributed by atoms with van der Waals surface area (Å²) < 4.78 is 5.16. The second kappa shape index (κ2) is 6.93. The van der Waals surface area contributed by atoms with Gasteiger partial charge in [0.25, 0.3) is 5.91 Å². The van der Waals surface area contributed by atoms with Crippen molar-refractivity contribution < 1.29 is 9.21 Å². The minimum absolute atomic E-state index is 0.140. The molecule has 0 atom stereocenters. The maximum atomic E-state index is 11.9. The van der Waals surface area contributed by atoms with Crippen LogP contribution in [0.2, 0.25) is 0 Å². The van der Waals surface area contributed by atoms with Gasteiger partial charge in [-0.1, -0.05) is 0 Å². The topological polar surface area (TPSA) is 84.4 Å². The fraction of sp³-hybridized carbons (Fsp3) is 0.467. The predicted octanol–water partition coefficient (Wildman–Crippen LogP) is 1.77. The first kappa shape index (κ1) is 15.1. The van der Waals surface area contributed by atoms with Crippen LogP contribution in [-0.4, -0.2) is 30.5 Å². The van der Waals surface area contributed by atoms with Crippen LogP contribution in [-0.2, 0) is 13.0 Å². The number of carbonyl (C=O) groups excluding carboxylic acids is 1. The molecule has 6 nitrogen and oxygen atoms in total. The SMILES string of the molecule is NCc1cc(C(=O)NCCc2csc(N3CCCC3)n2)co1. The number of hydrogen-bond acceptors (Lipinski definition) is 6. The third-order valence-corrected chi connectivity index (χ3v) is 4.65. The smallest absolute Gasteiger partial charge is 0.254 e. The second-order valence-corrected chi connectivity index (χ2v) is 6.16. The summed E-state index contributed by atoms with van der Waals surface area (Å²) in [5.41, 5.74) is 7.00. The van der Waals surface area contributed by atoms with E-state index in [2.05, 4.69) is 20.6 Å². The molecule has 0 saturated carbocycles. The lowest BCUT2D eigenvalue weighted by atomic mass is 10.2. The number of anilines is 1. The van der Waals surface area contributed by atoms with Crippen LogP contribution in [0.4, 0.5) is 5.13 Å². The highest BCUT2D eigenvalue weighted by Gasteiger charge is 2.15. The fourth-order valence-electron chi connectivity index (χ4n) is 2.48. The maximum absolute atomic E-state index is 11.9. The monoisotopic (exact) mass is 320 g/mol. The minimum atomic E-state index is -0.140. The van der Waals surface area contributed by atoms with Crippen LogP contribution in [0.15, 0.2) is 22.1 Å². The van der Waals surface area contributed by atoms with E-state index in [0.29, 0.717) is 24.4 Å². The Hall–Kier alpha value is -1.86. The number of carbonyl (C=O) groups is 1. The lowest BCUT2D eigenvalue weighted by Crippen LogP contribution is -2.25. The van der Waals surface area contributed by atoms with Crippen LogP contribution in [0, 0.1) is 0 Å². The Labute approximate surface area is 133 Å². The van der Waals surface area contributed by atoms with E-state index in [0.717, 1.165) is 30.3 Å². The van der Waals surface area contributed by atoms with Gasteiger partial charge in [0.2, 0.25) is 0 Å². The molecule has 0 radical (unpaired) electrons. The Morgan fingerprint density at radius 3 is 3.00 bits per heavy atom. The average Bonchev–Trinajstić information content (AvgIpc) is 3.27. The Balaban J connectivity index is 1.47. The molecule has 2 aromatic rings. The summed E-state index contributed by atoms with van der Waals surface area (Å²) in [7, 11) is 0. The molecule has 0 aliphatic carbocycles. The molecule has 22 heavy (non-hydrogen) atoms.